The highest BCUT2D eigenvalue weighted by atomic mass is 15.3. The van der Waals surface area contributed by atoms with Crippen molar-refractivity contribution in [2.45, 2.75) is 41.2 Å². The molecule has 3 nitrogen and oxygen atoms in total. The first-order valence-corrected chi connectivity index (χ1v) is 6.71. The lowest BCUT2D eigenvalue weighted by molar-refractivity contribution is 0.730. The Morgan fingerprint density at radius 3 is 2.11 bits per heavy atom. The zero-order chi connectivity index (χ0) is 14.2. The zero-order valence-corrected chi connectivity index (χ0v) is 12.8. The van der Waals surface area contributed by atoms with Crippen molar-refractivity contribution in [2.24, 2.45) is 7.05 Å². The Labute approximate surface area is 115 Å². The fourth-order valence-corrected chi connectivity index (χ4v) is 2.71. The van der Waals surface area contributed by atoms with Crippen LogP contribution in [0.25, 0.3) is 0 Å². The summed E-state index contributed by atoms with van der Waals surface area (Å²) in [5.74, 6) is 0. The van der Waals surface area contributed by atoms with Crippen molar-refractivity contribution < 1.29 is 0 Å². The number of anilines is 1. The van der Waals surface area contributed by atoms with E-state index in [1.165, 1.54) is 33.6 Å². The van der Waals surface area contributed by atoms with Crippen LogP contribution in [0.4, 0.5) is 5.69 Å². The average Bonchev–Trinajstić information content (AvgIpc) is 2.53. The molecule has 0 aliphatic carbocycles. The summed E-state index contributed by atoms with van der Waals surface area (Å²) in [5, 5.41) is 8.02. The fraction of sp³-hybridized carbons (Fsp3) is 0.438. The summed E-state index contributed by atoms with van der Waals surface area (Å²) in [6.07, 6.45) is 0. The lowest BCUT2D eigenvalue weighted by atomic mass is 10.0. The third-order valence-corrected chi connectivity index (χ3v) is 3.78. The number of rotatable bonds is 3. The lowest BCUT2D eigenvalue weighted by Gasteiger charge is -2.14. The van der Waals surface area contributed by atoms with E-state index in [0.29, 0.717) is 0 Å². The summed E-state index contributed by atoms with van der Waals surface area (Å²) in [6, 6.07) is 4.44. The molecular weight excluding hydrogens is 234 g/mol. The molecule has 0 fully saturated rings. The molecule has 19 heavy (non-hydrogen) atoms. The van der Waals surface area contributed by atoms with Gasteiger partial charge < -0.3 is 5.32 Å². The van der Waals surface area contributed by atoms with Gasteiger partial charge in [0.05, 0.1) is 5.69 Å². The Kier molecular flexibility index (Phi) is 3.65. The van der Waals surface area contributed by atoms with Crippen LogP contribution in [0.1, 0.15) is 33.6 Å². The van der Waals surface area contributed by atoms with Gasteiger partial charge in [-0.3, -0.25) is 4.68 Å². The normalized spacial score (nSPS) is 10.8. The molecule has 0 saturated carbocycles. The van der Waals surface area contributed by atoms with Crippen LogP contribution in [0, 0.1) is 34.6 Å². The number of benzene rings is 1. The average molecular weight is 257 g/mol. The second-order valence-corrected chi connectivity index (χ2v) is 5.40. The van der Waals surface area contributed by atoms with Gasteiger partial charge in [-0.25, -0.2) is 0 Å². The first-order valence-electron chi connectivity index (χ1n) is 6.71. The van der Waals surface area contributed by atoms with E-state index in [0.717, 1.165) is 12.2 Å². The summed E-state index contributed by atoms with van der Waals surface area (Å²) in [4.78, 5) is 0. The molecule has 0 radical (unpaired) electrons. The van der Waals surface area contributed by atoms with Gasteiger partial charge in [0, 0.05) is 30.5 Å². The van der Waals surface area contributed by atoms with Crippen LogP contribution in [-0.2, 0) is 13.6 Å². The molecule has 0 atom stereocenters. The highest BCUT2D eigenvalue weighted by molar-refractivity contribution is 5.58. The zero-order valence-electron chi connectivity index (χ0n) is 12.8. The quantitative estimate of drug-likeness (QED) is 0.911. The van der Waals surface area contributed by atoms with E-state index < -0.39 is 0 Å². The maximum absolute atomic E-state index is 4.46. The van der Waals surface area contributed by atoms with Crippen LogP contribution >= 0.6 is 0 Å². The summed E-state index contributed by atoms with van der Waals surface area (Å²) < 4.78 is 1.95. The molecule has 1 aromatic heterocycles. The topological polar surface area (TPSA) is 29.9 Å². The molecule has 0 aliphatic rings. The Balaban J connectivity index is 2.24. The number of nitrogens with one attached hydrogen (secondary N) is 1. The van der Waals surface area contributed by atoms with E-state index in [1.54, 1.807) is 0 Å². The van der Waals surface area contributed by atoms with Gasteiger partial charge in [-0.2, -0.15) is 5.10 Å². The molecule has 0 amide bonds. The SMILES string of the molecule is Cc1cc(C)c(NCc2c(C)nn(C)c2C)c(C)c1. The first kappa shape index (κ1) is 13.7. The molecular formula is C16H23N3. The Bertz CT molecular complexity index is 586. The standard InChI is InChI=1S/C16H23N3/c1-10-7-11(2)16(12(3)8-10)17-9-15-13(4)18-19(6)14(15)5/h7-8,17H,9H2,1-6H3. The van der Waals surface area contributed by atoms with E-state index in [1.807, 2.05) is 11.7 Å². The van der Waals surface area contributed by atoms with Crippen LogP contribution in [0.5, 0.6) is 0 Å². The summed E-state index contributed by atoms with van der Waals surface area (Å²) >= 11 is 0. The van der Waals surface area contributed by atoms with Crippen LogP contribution in [0.2, 0.25) is 0 Å². The molecule has 0 spiro atoms. The summed E-state index contributed by atoms with van der Waals surface area (Å²) in [5.41, 5.74) is 8.79. The third-order valence-electron chi connectivity index (χ3n) is 3.78. The highest BCUT2D eigenvalue weighted by Crippen LogP contribution is 2.23. The van der Waals surface area contributed by atoms with E-state index in [4.69, 9.17) is 0 Å². The molecule has 1 heterocycles. The molecule has 1 aromatic carbocycles. The van der Waals surface area contributed by atoms with Crippen molar-refractivity contribution in [1.29, 1.82) is 0 Å². The van der Waals surface area contributed by atoms with Gasteiger partial charge in [0.25, 0.3) is 0 Å². The number of aromatic nitrogens is 2. The van der Waals surface area contributed by atoms with Crippen molar-refractivity contribution in [1.82, 2.24) is 9.78 Å². The van der Waals surface area contributed by atoms with E-state index in [-0.39, 0.29) is 0 Å². The lowest BCUT2D eigenvalue weighted by Crippen LogP contribution is -2.05. The van der Waals surface area contributed by atoms with Crippen molar-refractivity contribution in [2.75, 3.05) is 5.32 Å². The second kappa shape index (κ2) is 5.08. The van der Waals surface area contributed by atoms with Crippen molar-refractivity contribution in [3.63, 3.8) is 0 Å². The molecule has 2 aromatic rings. The molecule has 1 N–H and O–H groups in total. The Morgan fingerprint density at radius 2 is 1.63 bits per heavy atom. The summed E-state index contributed by atoms with van der Waals surface area (Å²) in [6.45, 7) is 11.5. The Morgan fingerprint density at radius 1 is 1.05 bits per heavy atom. The third kappa shape index (κ3) is 2.65. The predicted molar refractivity (Wildman–Crippen MR) is 80.7 cm³/mol. The van der Waals surface area contributed by atoms with Gasteiger partial charge in [0.15, 0.2) is 0 Å². The van der Waals surface area contributed by atoms with Crippen LogP contribution in [0.3, 0.4) is 0 Å². The molecule has 0 bridgehead atoms. The first-order chi connectivity index (χ1) is 8.90. The predicted octanol–water partition coefficient (Wildman–Crippen LogP) is 3.57. The molecule has 0 saturated heterocycles. The van der Waals surface area contributed by atoms with E-state index in [9.17, 15) is 0 Å². The fourth-order valence-electron chi connectivity index (χ4n) is 2.71. The van der Waals surface area contributed by atoms with Gasteiger partial charge in [-0.05, 0) is 45.7 Å². The smallest absolute Gasteiger partial charge is 0.0646 e. The largest absolute Gasteiger partial charge is 0.380 e. The molecule has 0 unspecified atom stereocenters. The van der Waals surface area contributed by atoms with Crippen molar-refractivity contribution in [3.8, 4) is 0 Å². The van der Waals surface area contributed by atoms with Gasteiger partial charge in [-0.15, -0.1) is 0 Å². The molecule has 102 valence electrons. The minimum atomic E-state index is 0.830. The van der Waals surface area contributed by atoms with Crippen molar-refractivity contribution in [3.05, 3.63) is 45.8 Å². The van der Waals surface area contributed by atoms with Crippen LogP contribution < -0.4 is 5.32 Å². The Hall–Kier alpha value is -1.77. The minimum absolute atomic E-state index is 0.830. The maximum Gasteiger partial charge on any atom is 0.0646 e. The van der Waals surface area contributed by atoms with Gasteiger partial charge in [0.1, 0.15) is 0 Å². The number of hydrogen-bond acceptors (Lipinski definition) is 2. The maximum atomic E-state index is 4.46. The van der Waals surface area contributed by atoms with E-state index in [2.05, 4.69) is 57.2 Å². The van der Waals surface area contributed by atoms with Gasteiger partial charge >= 0.3 is 0 Å². The van der Waals surface area contributed by atoms with Crippen molar-refractivity contribution >= 4 is 5.69 Å². The van der Waals surface area contributed by atoms with Gasteiger partial charge in [0.2, 0.25) is 0 Å². The second-order valence-electron chi connectivity index (χ2n) is 5.40. The van der Waals surface area contributed by atoms with E-state index >= 15 is 0 Å². The monoisotopic (exact) mass is 257 g/mol. The summed E-state index contributed by atoms with van der Waals surface area (Å²) in [7, 11) is 1.99. The highest BCUT2D eigenvalue weighted by Gasteiger charge is 2.10. The van der Waals surface area contributed by atoms with Crippen LogP contribution in [-0.4, -0.2) is 9.78 Å². The molecule has 3 heteroatoms. The minimum Gasteiger partial charge on any atom is -0.380 e. The molecule has 0 aliphatic heterocycles. The number of hydrogen-bond donors (Lipinski definition) is 1. The van der Waals surface area contributed by atoms with Crippen LogP contribution in [0.15, 0.2) is 12.1 Å². The molecule has 2 rings (SSSR count). The van der Waals surface area contributed by atoms with Gasteiger partial charge in [-0.1, -0.05) is 17.7 Å². The number of nitrogens with zero attached hydrogens (tertiary/aromatic N) is 2. The number of aryl methyl sites for hydroxylation is 5.